The van der Waals surface area contributed by atoms with Crippen LogP contribution in [0.1, 0.15) is 5.56 Å². The van der Waals surface area contributed by atoms with Gasteiger partial charge in [0.05, 0.1) is 10.6 Å². The van der Waals surface area contributed by atoms with Gasteiger partial charge in [0, 0.05) is 16.2 Å². The van der Waals surface area contributed by atoms with E-state index in [1.54, 1.807) is 36.4 Å². The maximum atomic E-state index is 13.4. The number of nitro groups is 1. The average molecular weight is 504 g/mol. The standard InChI is InChI=1S/C21H18BrN3O5S/c1-15-13-16(11-12-18(15)22)23-21(26)14-24(17-7-3-2-4-8-17)31(29,30)20-10-6-5-9-19(20)25(27)28/h2-13H,14H2,1H3,(H,23,26). The van der Waals surface area contributed by atoms with E-state index in [1.165, 1.54) is 24.3 Å². The van der Waals surface area contributed by atoms with Gasteiger partial charge in [-0.1, -0.05) is 46.3 Å². The molecule has 0 atom stereocenters. The average Bonchev–Trinajstić information content (AvgIpc) is 2.75. The van der Waals surface area contributed by atoms with Crippen molar-refractivity contribution < 1.29 is 18.1 Å². The number of para-hydroxylation sites is 2. The molecule has 0 saturated carbocycles. The van der Waals surface area contributed by atoms with Crippen LogP contribution >= 0.6 is 15.9 Å². The van der Waals surface area contributed by atoms with Crippen LogP contribution in [0, 0.1) is 17.0 Å². The van der Waals surface area contributed by atoms with Crippen LogP contribution in [-0.2, 0) is 14.8 Å². The zero-order valence-electron chi connectivity index (χ0n) is 16.4. The van der Waals surface area contributed by atoms with Gasteiger partial charge in [-0.3, -0.25) is 19.2 Å². The topological polar surface area (TPSA) is 110 Å². The van der Waals surface area contributed by atoms with E-state index in [1.807, 2.05) is 6.92 Å². The molecule has 3 rings (SSSR count). The van der Waals surface area contributed by atoms with Crippen LogP contribution in [0.3, 0.4) is 0 Å². The Morgan fingerprint density at radius 3 is 2.35 bits per heavy atom. The van der Waals surface area contributed by atoms with Gasteiger partial charge in [0.15, 0.2) is 4.90 Å². The van der Waals surface area contributed by atoms with Crippen molar-refractivity contribution in [3.05, 3.63) is 92.9 Å². The van der Waals surface area contributed by atoms with Crippen molar-refractivity contribution in [1.82, 2.24) is 0 Å². The summed E-state index contributed by atoms with van der Waals surface area (Å²) in [5.41, 5.74) is 1.04. The number of nitrogens with one attached hydrogen (secondary N) is 1. The maximum Gasteiger partial charge on any atom is 0.289 e. The van der Waals surface area contributed by atoms with Crippen molar-refractivity contribution in [2.24, 2.45) is 0 Å². The van der Waals surface area contributed by atoms with Crippen LogP contribution in [-0.4, -0.2) is 25.8 Å². The molecule has 0 saturated heterocycles. The number of rotatable bonds is 7. The summed E-state index contributed by atoms with van der Waals surface area (Å²) < 4.78 is 28.5. The molecule has 0 aliphatic carbocycles. The molecule has 0 spiro atoms. The second-order valence-corrected chi connectivity index (χ2v) is 9.27. The third-order valence-electron chi connectivity index (χ3n) is 4.40. The Morgan fingerprint density at radius 2 is 1.71 bits per heavy atom. The molecule has 1 amide bonds. The Morgan fingerprint density at radius 1 is 1.06 bits per heavy atom. The van der Waals surface area contributed by atoms with Gasteiger partial charge < -0.3 is 5.32 Å². The van der Waals surface area contributed by atoms with Gasteiger partial charge in [0.25, 0.3) is 15.7 Å². The van der Waals surface area contributed by atoms with Crippen LogP contribution in [0.25, 0.3) is 0 Å². The first-order valence-electron chi connectivity index (χ1n) is 9.07. The van der Waals surface area contributed by atoms with E-state index in [9.17, 15) is 23.3 Å². The number of aryl methyl sites for hydroxylation is 1. The molecular weight excluding hydrogens is 486 g/mol. The molecule has 0 radical (unpaired) electrons. The first-order valence-corrected chi connectivity index (χ1v) is 11.3. The maximum absolute atomic E-state index is 13.4. The van der Waals surface area contributed by atoms with Gasteiger partial charge in [0.2, 0.25) is 5.91 Å². The summed E-state index contributed by atoms with van der Waals surface area (Å²) in [4.78, 5) is 22.9. The van der Waals surface area contributed by atoms with Crippen molar-refractivity contribution in [1.29, 1.82) is 0 Å². The van der Waals surface area contributed by atoms with Gasteiger partial charge in [-0.05, 0) is 48.9 Å². The normalized spacial score (nSPS) is 11.0. The van der Waals surface area contributed by atoms with Crippen molar-refractivity contribution >= 4 is 48.9 Å². The van der Waals surface area contributed by atoms with E-state index >= 15 is 0 Å². The minimum absolute atomic E-state index is 0.211. The third kappa shape index (κ3) is 5.09. The van der Waals surface area contributed by atoms with Crippen LogP contribution in [0.2, 0.25) is 0 Å². The second-order valence-electron chi connectivity index (χ2n) is 6.58. The molecule has 0 aromatic heterocycles. The number of benzene rings is 3. The monoisotopic (exact) mass is 503 g/mol. The molecule has 160 valence electrons. The van der Waals surface area contributed by atoms with E-state index in [2.05, 4.69) is 21.2 Å². The summed E-state index contributed by atoms with van der Waals surface area (Å²) in [6, 6.07) is 18.2. The molecule has 0 bridgehead atoms. The molecular formula is C21H18BrN3O5S. The van der Waals surface area contributed by atoms with Gasteiger partial charge in [-0.15, -0.1) is 0 Å². The van der Waals surface area contributed by atoms with E-state index in [-0.39, 0.29) is 5.69 Å². The lowest BCUT2D eigenvalue weighted by Crippen LogP contribution is -2.38. The molecule has 31 heavy (non-hydrogen) atoms. The van der Waals surface area contributed by atoms with Crippen molar-refractivity contribution in [2.75, 3.05) is 16.2 Å². The minimum atomic E-state index is -4.41. The highest BCUT2D eigenvalue weighted by Gasteiger charge is 2.33. The highest BCUT2D eigenvalue weighted by atomic mass is 79.9. The quantitative estimate of drug-likeness (QED) is 0.377. The number of sulfonamides is 1. The lowest BCUT2D eigenvalue weighted by molar-refractivity contribution is -0.387. The number of hydrogen-bond donors (Lipinski definition) is 1. The number of hydrogen-bond acceptors (Lipinski definition) is 5. The highest BCUT2D eigenvalue weighted by Crippen LogP contribution is 2.29. The van der Waals surface area contributed by atoms with E-state index in [4.69, 9.17) is 0 Å². The zero-order chi connectivity index (χ0) is 22.6. The number of nitrogens with zero attached hydrogens (tertiary/aromatic N) is 2. The Labute approximate surface area is 187 Å². The Kier molecular flexibility index (Phi) is 6.71. The largest absolute Gasteiger partial charge is 0.325 e. The van der Waals surface area contributed by atoms with E-state index in [0.29, 0.717) is 5.69 Å². The number of anilines is 2. The van der Waals surface area contributed by atoms with Crippen LogP contribution < -0.4 is 9.62 Å². The molecule has 3 aromatic carbocycles. The fourth-order valence-electron chi connectivity index (χ4n) is 2.91. The molecule has 0 unspecified atom stereocenters. The zero-order valence-corrected chi connectivity index (χ0v) is 18.8. The highest BCUT2D eigenvalue weighted by molar-refractivity contribution is 9.10. The lowest BCUT2D eigenvalue weighted by atomic mass is 10.2. The summed E-state index contributed by atoms with van der Waals surface area (Å²) >= 11 is 3.38. The molecule has 0 heterocycles. The van der Waals surface area contributed by atoms with E-state index < -0.39 is 38.0 Å². The van der Waals surface area contributed by atoms with Crippen LogP contribution in [0.4, 0.5) is 17.1 Å². The number of halogens is 1. The number of amides is 1. The van der Waals surface area contributed by atoms with Crippen LogP contribution in [0.15, 0.2) is 82.2 Å². The molecule has 1 N–H and O–H groups in total. The number of nitro benzene ring substituents is 1. The summed E-state index contributed by atoms with van der Waals surface area (Å²) in [5.74, 6) is -0.590. The Bertz CT molecular complexity index is 1230. The molecule has 0 fully saturated rings. The van der Waals surface area contributed by atoms with Crippen molar-refractivity contribution in [3.8, 4) is 0 Å². The predicted octanol–water partition coefficient (Wildman–Crippen LogP) is 4.50. The summed E-state index contributed by atoms with van der Waals surface area (Å²) in [6.07, 6.45) is 0. The molecule has 0 aliphatic heterocycles. The molecule has 10 heteroatoms. The number of carbonyl (C=O) groups is 1. The second kappa shape index (κ2) is 9.27. The predicted molar refractivity (Wildman–Crippen MR) is 122 cm³/mol. The van der Waals surface area contributed by atoms with Gasteiger partial charge >= 0.3 is 0 Å². The summed E-state index contributed by atoms with van der Waals surface area (Å²) in [7, 11) is -4.41. The van der Waals surface area contributed by atoms with Gasteiger partial charge in [-0.25, -0.2) is 8.42 Å². The molecule has 0 aliphatic rings. The lowest BCUT2D eigenvalue weighted by Gasteiger charge is -2.24. The number of carbonyl (C=O) groups excluding carboxylic acids is 1. The molecule has 8 nitrogen and oxygen atoms in total. The van der Waals surface area contributed by atoms with Crippen LogP contribution in [0.5, 0.6) is 0 Å². The molecule has 3 aromatic rings. The smallest absolute Gasteiger partial charge is 0.289 e. The Hall–Kier alpha value is -3.24. The van der Waals surface area contributed by atoms with E-state index in [0.717, 1.165) is 26.5 Å². The van der Waals surface area contributed by atoms with Crippen molar-refractivity contribution in [2.45, 2.75) is 11.8 Å². The van der Waals surface area contributed by atoms with Gasteiger partial charge in [0.1, 0.15) is 6.54 Å². The fourth-order valence-corrected chi connectivity index (χ4v) is 4.74. The first kappa shape index (κ1) is 22.4. The minimum Gasteiger partial charge on any atom is -0.325 e. The van der Waals surface area contributed by atoms with Gasteiger partial charge in [-0.2, -0.15) is 0 Å². The summed E-state index contributed by atoms with van der Waals surface area (Å²) in [5, 5.41) is 14.1. The summed E-state index contributed by atoms with van der Waals surface area (Å²) in [6.45, 7) is 1.29. The Balaban J connectivity index is 1.98. The SMILES string of the molecule is Cc1cc(NC(=O)CN(c2ccccc2)S(=O)(=O)c2ccccc2[N+](=O)[O-])ccc1Br. The van der Waals surface area contributed by atoms with Crippen molar-refractivity contribution in [3.63, 3.8) is 0 Å². The fraction of sp³-hybridized carbons (Fsp3) is 0.0952. The first-order chi connectivity index (χ1) is 14.7. The third-order valence-corrected chi connectivity index (χ3v) is 7.11.